The monoisotopic (exact) mass is 453 g/mol. The number of sulfonamides is 1. The lowest BCUT2D eigenvalue weighted by Gasteiger charge is -2.35. The second kappa shape index (κ2) is 8.51. The molecule has 2 N–H and O–H groups in total. The summed E-state index contributed by atoms with van der Waals surface area (Å²) in [6.45, 7) is 2.05. The second-order valence-electron chi connectivity index (χ2n) is 7.79. The number of nitrogens with one attached hydrogen (secondary N) is 2. The Balaban J connectivity index is 1.62. The number of anilines is 2. The van der Waals surface area contributed by atoms with Crippen LogP contribution < -0.4 is 10.0 Å². The van der Waals surface area contributed by atoms with E-state index in [2.05, 4.69) is 10.0 Å². The Morgan fingerprint density at radius 2 is 1.81 bits per heavy atom. The van der Waals surface area contributed by atoms with Crippen molar-refractivity contribution in [3.63, 3.8) is 0 Å². The molecule has 0 radical (unpaired) electrons. The molecule has 9 heteroatoms. The number of amides is 2. The van der Waals surface area contributed by atoms with Gasteiger partial charge in [-0.05, 0) is 47.9 Å². The Kier molecular flexibility index (Phi) is 5.75. The van der Waals surface area contributed by atoms with Gasteiger partial charge in [0.15, 0.2) is 5.76 Å². The number of rotatable bonds is 5. The Morgan fingerprint density at radius 1 is 1.06 bits per heavy atom. The van der Waals surface area contributed by atoms with Crippen LogP contribution >= 0.6 is 0 Å². The van der Waals surface area contributed by atoms with E-state index in [1.54, 1.807) is 37.3 Å². The third-order valence-electron chi connectivity index (χ3n) is 5.34. The van der Waals surface area contributed by atoms with Crippen molar-refractivity contribution in [3.8, 4) is 0 Å². The van der Waals surface area contributed by atoms with E-state index in [1.165, 1.54) is 11.2 Å². The fourth-order valence-corrected chi connectivity index (χ4v) is 4.37. The van der Waals surface area contributed by atoms with Crippen LogP contribution in [0.5, 0.6) is 0 Å². The predicted molar refractivity (Wildman–Crippen MR) is 121 cm³/mol. The van der Waals surface area contributed by atoms with Crippen molar-refractivity contribution in [2.24, 2.45) is 0 Å². The largest absolute Gasteiger partial charge is 0.459 e. The minimum absolute atomic E-state index is 0.164. The van der Waals surface area contributed by atoms with Gasteiger partial charge in [-0.1, -0.05) is 30.3 Å². The second-order valence-corrected chi connectivity index (χ2v) is 9.54. The van der Waals surface area contributed by atoms with Crippen molar-refractivity contribution < 1.29 is 22.4 Å². The number of benzene rings is 2. The molecule has 0 bridgehead atoms. The molecule has 8 nitrogen and oxygen atoms in total. The van der Waals surface area contributed by atoms with Crippen molar-refractivity contribution in [3.05, 3.63) is 83.3 Å². The van der Waals surface area contributed by atoms with Gasteiger partial charge in [0.25, 0.3) is 5.91 Å². The van der Waals surface area contributed by atoms with E-state index >= 15 is 0 Å². The van der Waals surface area contributed by atoms with Crippen LogP contribution in [-0.2, 0) is 27.8 Å². The summed E-state index contributed by atoms with van der Waals surface area (Å²) in [7, 11) is -3.47. The number of nitrogens with zero attached hydrogens (tertiary/aromatic N) is 1. The molecule has 0 spiro atoms. The maximum Gasteiger partial charge on any atom is 0.290 e. The Morgan fingerprint density at radius 3 is 2.50 bits per heavy atom. The molecule has 1 aliphatic rings. The van der Waals surface area contributed by atoms with Crippen LogP contribution in [0.1, 0.15) is 27.2 Å². The first-order valence-corrected chi connectivity index (χ1v) is 11.9. The maximum absolute atomic E-state index is 13.3. The van der Waals surface area contributed by atoms with Crippen molar-refractivity contribution in [1.82, 2.24) is 4.90 Å². The number of aryl methyl sites for hydroxylation is 1. The predicted octanol–water partition coefficient (Wildman–Crippen LogP) is 3.17. The van der Waals surface area contributed by atoms with Gasteiger partial charge in [-0.3, -0.25) is 14.3 Å². The van der Waals surface area contributed by atoms with Gasteiger partial charge >= 0.3 is 0 Å². The zero-order valence-electron chi connectivity index (χ0n) is 17.7. The van der Waals surface area contributed by atoms with E-state index < -0.39 is 16.1 Å². The quantitative estimate of drug-likeness (QED) is 0.617. The Hall–Kier alpha value is -3.59. The SMILES string of the molecule is Cc1ccc(NC(=O)C2Cc3ccccc3CN2C(=O)c2ccco2)cc1NS(C)(=O)=O. The molecule has 1 aromatic heterocycles. The smallest absolute Gasteiger partial charge is 0.290 e. The third kappa shape index (κ3) is 4.67. The molecule has 2 aromatic carbocycles. The van der Waals surface area contributed by atoms with Gasteiger partial charge in [0, 0.05) is 18.7 Å². The minimum atomic E-state index is -3.47. The summed E-state index contributed by atoms with van der Waals surface area (Å²) in [5.74, 6) is -0.571. The van der Waals surface area contributed by atoms with Crippen molar-refractivity contribution >= 4 is 33.2 Å². The lowest BCUT2D eigenvalue weighted by Crippen LogP contribution is -2.50. The molecular formula is C23H23N3O5S. The van der Waals surface area contributed by atoms with Crippen LogP contribution in [0.15, 0.2) is 65.3 Å². The van der Waals surface area contributed by atoms with Gasteiger partial charge in [-0.15, -0.1) is 0 Å². The van der Waals surface area contributed by atoms with Crippen LogP contribution in [0.3, 0.4) is 0 Å². The number of hydrogen-bond donors (Lipinski definition) is 2. The molecule has 0 aliphatic carbocycles. The number of carbonyl (C=O) groups excluding carboxylic acids is 2. The summed E-state index contributed by atoms with van der Waals surface area (Å²) in [5.41, 5.74) is 3.50. The third-order valence-corrected chi connectivity index (χ3v) is 5.94. The van der Waals surface area contributed by atoms with Gasteiger partial charge in [-0.25, -0.2) is 8.42 Å². The van der Waals surface area contributed by atoms with Gasteiger partial charge < -0.3 is 14.6 Å². The molecule has 0 fully saturated rings. The first-order chi connectivity index (χ1) is 15.2. The van der Waals surface area contributed by atoms with Crippen LogP contribution in [0.25, 0.3) is 0 Å². The van der Waals surface area contributed by atoms with Crippen LogP contribution in [0, 0.1) is 6.92 Å². The van der Waals surface area contributed by atoms with Gasteiger partial charge in [0.2, 0.25) is 15.9 Å². The standard InChI is InChI=1S/C23H23N3O5S/c1-15-9-10-18(13-19(15)25-32(2,29)30)24-22(27)20-12-16-6-3-4-7-17(16)14-26(20)23(28)21-8-5-11-31-21/h3-11,13,20,25H,12,14H2,1-2H3,(H,24,27). The highest BCUT2D eigenvalue weighted by Gasteiger charge is 2.36. The maximum atomic E-state index is 13.3. The van der Waals surface area contributed by atoms with E-state index in [0.29, 0.717) is 17.8 Å². The Bertz CT molecular complexity index is 1270. The molecule has 3 aromatic rings. The lowest BCUT2D eigenvalue weighted by molar-refractivity contribution is -0.121. The molecule has 1 aliphatic heterocycles. The molecule has 1 atom stereocenters. The average molecular weight is 454 g/mol. The highest BCUT2D eigenvalue weighted by molar-refractivity contribution is 7.92. The van der Waals surface area contributed by atoms with Gasteiger partial charge in [-0.2, -0.15) is 0 Å². The first kappa shape index (κ1) is 21.6. The highest BCUT2D eigenvalue weighted by atomic mass is 32.2. The highest BCUT2D eigenvalue weighted by Crippen LogP contribution is 2.27. The van der Waals surface area contributed by atoms with Crippen LogP contribution in [0.4, 0.5) is 11.4 Å². The van der Waals surface area contributed by atoms with E-state index in [0.717, 1.165) is 22.9 Å². The molecule has 1 unspecified atom stereocenters. The molecule has 166 valence electrons. The van der Waals surface area contributed by atoms with E-state index in [1.807, 2.05) is 24.3 Å². The fourth-order valence-electron chi connectivity index (χ4n) is 3.75. The first-order valence-electron chi connectivity index (χ1n) is 10.0. The van der Waals surface area contributed by atoms with Gasteiger partial charge in [0.1, 0.15) is 6.04 Å². The summed E-state index contributed by atoms with van der Waals surface area (Å²) in [6.07, 6.45) is 2.84. The summed E-state index contributed by atoms with van der Waals surface area (Å²) >= 11 is 0. The zero-order chi connectivity index (χ0) is 22.9. The molecule has 0 saturated carbocycles. The average Bonchev–Trinajstić information content (AvgIpc) is 3.28. The van der Waals surface area contributed by atoms with Crippen molar-refractivity contribution in [1.29, 1.82) is 0 Å². The normalized spacial score (nSPS) is 15.7. The summed E-state index contributed by atoms with van der Waals surface area (Å²) in [6, 6.07) is 15.1. The van der Waals surface area contributed by atoms with Crippen molar-refractivity contribution in [2.75, 3.05) is 16.3 Å². The van der Waals surface area contributed by atoms with Crippen LogP contribution in [-0.4, -0.2) is 37.4 Å². The molecular weight excluding hydrogens is 430 g/mol. The number of hydrogen-bond acceptors (Lipinski definition) is 5. The zero-order valence-corrected chi connectivity index (χ0v) is 18.5. The number of fused-ring (bicyclic) bond motifs is 1. The fraction of sp³-hybridized carbons (Fsp3) is 0.217. The molecule has 0 saturated heterocycles. The summed E-state index contributed by atoms with van der Waals surface area (Å²) in [5, 5.41) is 2.83. The van der Waals surface area contributed by atoms with E-state index in [-0.39, 0.29) is 24.1 Å². The van der Waals surface area contributed by atoms with E-state index in [4.69, 9.17) is 4.42 Å². The molecule has 2 heterocycles. The summed E-state index contributed by atoms with van der Waals surface area (Å²) in [4.78, 5) is 27.8. The van der Waals surface area contributed by atoms with Crippen LogP contribution in [0.2, 0.25) is 0 Å². The molecule has 2 amide bonds. The topological polar surface area (TPSA) is 109 Å². The van der Waals surface area contributed by atoms with Gasteiger partial charge in [0.05, 0.1) is 18.2 Å². The molecule has 32 heavy (non-hydrogen) atoms. The lowest BCUT2D eigenvalue weighted by atomic mass is 9.93. The number of carbonyl (C=O) groups is 2. The summed E-state index contributed by atoms with van der Waals surface area (Å²) < 4.78 is 31.0. The van der Waals surface area contributed by atoms with E-state index in [9.17, 15) is 18.0 Å². The number of furan rings is 1. The molecule has 4 rings (SSSR count). The minimum Gasteiger partial charge on any atom is -0.459 e. The Labute approximate surface area is 186 Å². The van der Waals surface area contributed by atoms with Crippen molar-refractivity contribution in [2.45, 2.75) is 25.9 Å².